The van der Waals surface area contributed by atoms with Crippen molar-refractivity contribution in [3.8, 4) is 5.75 Å². The third kappa shape index (κ3) is 2.64. The topological polar surface area (TPSA) is 40.5 Å². The molecule has 1 N–H and O–H groups in total. The summed E-state index contributed by atoms with van der Waals surface area (Å²) in [6, 6.07) is 6.15. The van der Waals surface area contributed by atoms with Crippen molar-refractivity contribution >= 4 is 17.5 Å². The number of carbonyl (C=O) groups is 1. The van der Waals surface area contributed by atoms with E-state index in [9.17, 15) is 4.79 Å². The molecule has 1 aromatic rings. The Kier molecular flexibility index (Phi) is 3.77. The first-order valence-electron chi connectivity index (χ1n) is 4.25. The summed E-state index contributed by atoms with van der Waals surface area (Å²) >= 11 is 5.52. The maximum Gasteiger partial charge on any atom is 0.253 e. The van der Waals surface area contributed by atoms with Gasteiger partial charge in [0.25, 0.3) is 5.91 Å². The van der Waals surface area contributed by atoms with Crippen molar-refractivity contribution in [1.29, 1.82) is 0 Å². The molecule has 0 unspecified atom stereocenters. The van der Waals surface area contributed by atoms with Crippen LogP contribution in [0.15, 0.2) is 24.3 Å². The number of hydrogen-bond donors (Lipinski definition) is 1. The zero-order valence-electron chi connectivity index (χ0n) is 7.90. The van der Waals surface area contributed by atoms with E-state index in [0.717, 1.165) is 0 Å². The van der Waals surface area contributed by atoms with Crippen molar-refractivity contribution in [2.24, 2.45) is 0 Å². The second-order valence-electron chi connectivity index (χ2n) is 2.96. The second kappa shape index (κ2) is 4.86. The number of nitrogens with zero attached hydrogens (tertiary/aromatic N) is 1. The zero-order chi connectivity index (χ0) is 10.6. The number of alkyl halides is 1. The highest BCUT2D eigenvalue weighted by Crippen LogP contribution is 2.11. The highest BCUT2D eigenvalue weighted by atomic mass is 35.5. The summed E-state index contributed by atoms with van der Waals surface area (Å²) < 4.78 is 0. The largest absolute Gasteiger partial charge is 0.508 e. The highest BCUT2D eigenvalue weighted by Gasteiger charge is 2.10. The molecule has 0 aliphatic carbocycles. The molecule has 0 saturated carbocycles. The van der Waals surface area contributed by atoms with Crippen LogP contribution >= 0.6 is 11.6 Å². The predicted octanol–water partition coefficient (Wildman–Crippen LogP) is 1.70. The van der Waals surface area contributed by atoms with Crippen molar-refractivity contribution in [3.63, 3.8) is 0 Å². The van der Waals surface area contributed by atoms with E-state index in [1.165, 1.54) is 12.1 Å². The molecule has 3 nitrogen and oxygen atoms in total. The standard InChI is InChI=1S/C10H12ClNO2/c1-12(7-6-11)10(14)8-2-4-9(13)5-3-8/h2-5,13H,6-7H2,1H3. The SMILES string of the molecule is CN(CCCl)C(=O)c1ccc(O)cc1. The number of rotatable bonds is 3. The Morgan fingerprint density at radius 1 is 1.43 bits per heavy atom. The quantitative estimate of drug-likeness (QED) is 0.777. The number of hydrogen-bond acceptors (Lipinski definition) is 2. The van der Waals surface area contributed by atoms with Crippen LogP contribution in [0.25, 0.3) is 0 Å². The molecule has 1 amide bonds. The van der Waals surface area contributed by atoms with Crippen LogP contribution in [0.3, 0.4) is 0 Å². The van der Waals surface area contributed by atoms with Gasteiger partial charge >= 0.3 is 0 Å². The Bertz CT molecular complexity index is 310. The minimum absolute atomic E-state index is 0.0920. The third-order valence-electron chi connectivity index (χ3n) is 1.88. The Balaban J connectivity index is 2.74. The molecule has 0 aliphatic rings. The lowest BCUT2D eigenvalue weighted by atomic mass is 10.2. The maximum atomic E-state index is 11.6. The molecule has 0 atom stereocenters. The number of benzene rings is 1. The van der Waals surface area contributed by atoms with Crippen LogP contribution in [0.1, 0.15) is 10.4 Å². The van der Waals surface area contributed by atoms with Crippen molar-refractivity contribution in [2.45, 2.75) is 0 Å². The summed E-state index contributed by atoms with van der Waals surface area (Å²) in [4.78, 5) is 13.2. The molecule has 1 rings (SSSR count). The van der Waals surface area contributed by atoms with Gasteiger partial charge in [-0.05, 0) is 24.3 Å². The van der Waals surface area contributed by atoms with Crippen LogP contribution in [0.2, 0.25) is 0 Å². The van der Waals surface area contributed by atoms with Crippen LogP contribution in [0, 0.1) is 0 Å². The van der Waals surface area contributed by atoms with E-state index in [-0.39, 0.29) is 11.7 Å². The fourth-order valence-electron chi connectivity index (χ4n) is 1.05. The Morgan fingerprint density at radius 3 is 2.50 bits per heavy atom. The molecular weight excluding hydrogens is 202 g/mol. The lowest BCUT2D eigenvalue weighted by Crippen LogP contribution is -2.28. The Hall–Kier alpha value is -1.22. The summed E-state index contributed by atoms with van der Waals surface area (Å²) in [5, 5.41) is 9.03. The normalized spacial score (nSPS) is 9.86. The van der Waals surface area contributed by atoms with Crippen LogP contribution in [-0.4, -0.2) is 35.4 Å². The fourth-order valence-corrected chi connectivity index (χ4v) is 1.31. The van der Waals surface area contributed by atoms with E-state index in [1.54, 1.807) is 24.1 Å². The van der Waals surface area contributed by atoms with Gasteiger partial charge in [-0.3, -0.25) is 4.79 Å². The molecule has 0 radical (unpaired) electrons. The predicted molar refractivity (Wildman–Crippen MR) is 55.8 cm³/mol. The lowest BCUT2D eigenvalue weighted by molar-refractivity contribution is 0.0803. The summed E-state index contributed by atoms with van der Waals surface area (Å²) in [6.07, 6.45) is 0. The third-order valence-corrected chi connectivity index (χ3v) is 2.05. The van der Waals surface area contributed by atoms with Crippen molar-refractivity contribution in [3.05, 3.63) is 29.8 Å². The second-order valence-corrected chi connectivity index (χ2v) is 3.34. The number of carbonyl (C=O) groups excluding carboxylic acids is 1. The molecule has 14 heavy (non-hydrogen) atoms. The van der Waals surface area contributed by atoms with Gasteiger partial charge in [0.1, 0.15) is 5.75 Å². The molecule has 0 fully saturated rings. The van der Waals surface area contributed by atoms with E-state index in [1.807, 2.05) is 0 Å². The van der Waals surface area contributed by atoms with Gasteiger partial charge in [0.05, 0.1) is 0 Å². The fraction of sp³-hybridized carbons (Fsp3) is 0.300. The Morgan fingerprint density at radius 2 is 2.00 bits per heavy atom. The molecule has 0 heterocycles. The van der Waals surface area contributed by atoms with Gasteiger partial charge in [-0.1, -0.05) is 0 Å². The molecule has 0 aromatic heterocycles. The maximum absolute atomic E-state index is 11.6. The first-order chi connectivity index (χ1) is 6.65. The zero-order valence-corrected chi connectivity index (χ0v) is 8.66. The van der Waals surface area contributed by atoms with Crippen molar-refractivity contribution in [1.82, 2.24) is 4.90 Å². The van der Waals surface area contributed by atoms with E-state index in [2.05, 4.69) is 0 Å². The first-order valence-corrected chi connectivity index (χ1v) is 4.79. The van der Waals surface area contributed by atoms with Crippen LogP contribution < -0.4 is 0 Å². The van der Waals surface area contributed by atoms with Gasteiger partial charge in [-0.2, -0.15) is 0 Å². The molecule has 0 aliphatic heterocycles. The molecule has 0 bridgehead atoms. The summed E-state index contributed by atoms with van der Waals surface area (Å²) in [7, 11) is 1.69. The van der Waals surface area contributed by atoms with Crippen LogP contribution in [0.5, 0.6) is 5.75 Å². The molecule has 4 heteroatoms. The van der Waals surface area contributed by atoms with Gasteiger partial charge < -0.3 is 10.0 Å². The van der Waals surface area contributed by atoms with Gasteiger partial charge in [-0.15, -0.1) is 11.6 Å². The smallest absolute Gasteiger partial charge is 0.253 e. The van der Waals surface area contributed by atoms with E-state index < -0.39 is 0 Å². The van der Waals surface area contributed by atoms with Gasteiger partial charge in [-0.25, -0.2) is 0 Å². The number of aromatic hydroxyl groups is 1. The number of phenolic OH excluding ortho intramolecular Hbond substituents is 1. The Labute approximate surface area is 87.9 Å². The van der Waals surface area contributed by atoms with Crippen molar-refractivity contribution in [2.75, 3.05) is 19.5 Å². The number of halogens is 1. The summed E-state index contributed by atoms with van der Waals surface area (Å²) in [5.41, 5.74) is 0.551. The lowest BCUT2D eigenvalue weighted by Gasteiger charge is -2.15. The molecular formula is C10H12ClNO2. The van der Waals surface area contributed by atoms with Gasteiger partial charge in [0, 0.05) is 25.0 Å². The number of phenols is 1. The summed E-state index contributed by atoms with van der Waals surface area (Å²) in [6.45, 7) is 0.515. The van der Waals surface area contributed by atoms with E-state index in [4.69, 9.17) is 16.7 Å². The van der Waals surface area contributed by atoms with Crippen LogP contribution in [-0.2, 0) is 0 Å². The van der Waals surface area contributed by atoms with Gasteiger partial charge in [0.15, 0.2) is 0 Å². The van der Waals surface area contributed by atoms with E-state index >= 15 is 0 Å². The summed E-state index contributed by atoms with van der Waals surface area (Å²) in [5.74, 6) is 0.479. The molecule has 0 saturated heterocycles. The average Bonchev–Trinajstić information content (AvgIpc) is 2.18. The van der Waals surface area contributed by atoms with Crippen LogP contribution in [0.4, 0.5) is 0 Å². The molecule has 1 aromatic carbocycles. The number of amides is 1. The molecule has 0 spiro atoms. The molecule has 76 valence electrons. The minimum Gasteiger partial charge on any atom is -0.508 e. The highest BCUT2D eigenvalue weighted by molar-refractivity contribution is 6.18. The van der Waals surface area contributed by atoms with Gasteiger partial charge in [0.2, 0.25) is 0 Å². The van der Waals surface area contributed by atoms with E-state index in [0.29, 0.717) is 18.0 Å². The average molecular weight is 214 g/mol. The minimum atomic E-state index is -0.0920. The van der Waals surface area contributed by atoms with Crippen molar-refractivity contribution < 1.29 is 9.90 Å². The first kappa shape index (κ1) is 10.9. The monoisotopic (exact) mass is 213 g/mol.